The van der Waals surface area contributed by atoms with Crippen molar-refractivity contribution in [2.24, 2.45) is 0 Å². The molecule has 3 aromatic carbocycles. The molecule has 1 aromatic heterocycles. The predicted molar refractivity (Wildman–Crippen MR) is 131 cm³/mol. The van der Waals surface area contributed by atoms with Crippen LogP contribution in [0.3, 0.4) is 0 Å². The summed E-state index contributed by atoms with van der Waals surface area (Å²) in [6, 6.07) is 19.9. The Labute approximate surface area is 197 Å². The van der Waals surface area contributed by atoms with Crippen LogP contribution in [0.25, 0.3) is 11.0 Å². The highest BCUT2D eigenvalue weighted by Crippen LogP contribution is 2.36. The Morgan fingerprint density at radius 2 is 1.72 bits per heavy atom. The molecule has 5 rings (SSSR count). The van der Waals surface area contributed by atoms with Gasteiger partial charge < -0.3 is 9.47 Å². The van der Waals surface area contributed by atoms with E-state index in [4.69, 9.17) is 28.2 Å². The highest BCUT2D eigenvalue weighted by Gasteiger charge is 2.36. The number of hydrogen-bond donors (Lipinski definition) is 0. The summed E-state index contributed by atoms with van der Waals surface area (Å²) in [4.78, 5) is 20.0. The van der Waals surface area contributed by atoms with Crippen molar-refractivity contribution in [1.82, 2.24) is 9.55 Å². The van der Waals surface area contributed by atoms with E-state index in [1.807, 2.05) is 47.4 Å². The lowest BCUT2D eigenvalue weighted by Gasteiger charge is -2.21. The van der Waals surface area contributed by atoms with E-state index in [0.717, 1.165) is 39.2 Å². The van der Waals surface area contributed by atoms with Crippen LogP contribution >= 0.6 is 23.2 Å². The third-order valence-electron chi connectivity index (χ3n) is 6.21. The van der Waals surface area contributed by atoms with Crippen molar-refractivity contribution in [2.75, 3.05) is 11.4 Å². The second kappa shape index (κ2) is 8.27. The number of aromatic nitrogens is 2. The number of carbonyl (C=O) groups excluding carboxylic acids is 1. The molecule has 0 radical (unpaired) electrons. The van der Waals surface area contributed by atoms with Crippen molar-refractivity contribution >= 4 is 45.8 Å². The fraction of sp³-hybridized carbons (Fsp3) is 0.231. The number of rotatable bonds is 4. The molecule has 1 amide bonds. The SMILES string of the molecule is Cc1cccc(C)c1N1CC(c2nc3ccccc3n2Cc2ccc(Cl)c(Cl)c2)CC1=O. The van der Waals surface area contributed by atoms with Crippen molar-refractivity contribution in [1.29, 1.82) is 0 Å². The van der Waals surface area contributed by atoms with E-state index in [1.165, 1.54) is 0 Å². The zero-order valence-corrected chi connectivity index (χ0v) is 19.5. The Morgan fingerprint density at radius 3 is 2.47 bits per heavy atom. The number of aryl methyl sites for hydroxylation is 2. The van der Waals surface area contributed by atoms with Gasteiger partial charge in [0.05, 0.1) is 21.1 Å². The number of hydrogen-bond acceptors (Lipinski definition) is 2. The van der Waals surface area contributed by atoms with Crippen molar-refractivity contribution in [3.05, 3.63) is 93.2 Å². The lowest BCUT2D eigenvalue weighted by molar-refractivity contribution is -0.117. The Kier molecular flexibility index (Phi) is 5.44. The van der Waals surface area contributed by atoms with Crippen molar-refractivity contribution in [3.63, 3.8) is 0 Å². The van der Waals surface area contributed by atoms with Gasteiger partial charge in [0.2, 0.25) is 5.91 Å². The molecule has 4 aromatic rings. The maximum atomic E-state index is 13.1. The van der Waals surface area contributed by atoms with Crippen LogP contribution in [0.4, 0.5) is 5.69 Å². The smallest absolute Gasteiger partial charge is 0.227 e. The number of carbonyl (C=O) groups is 1. The average Bonchev–Trinajstić information content (AvgIpc) is 3.32. The van der Waals surface area contributed by atoms with Gasteiger partial charge in [-0.3, -0.25) is 4.79 Å². The third-order valence-corrected chi connectivity index (χ3v) is 6.95. The van der Waals surface area contributed by atoms with Crippen molar-refractivity contribution < 1.29 is 4.79 Å². The largest absolute Gasteiger partial charge is 0.323 e. The number of nitrogens with zero attached hydrogens (tertiary/aromatic N) is 3. The van der Waals surface area contributed by atoms with Crippen molar-refractivity contribution in [3.8, 4) is 0 Å². The maximum absolute atomic E-state index is 13.1. The first-order valence-electron chi connectivity index (χ1n) is 10.7. The number of benzene rings is 3. The lowest BCUT2D eigenvalue weighted by atomic mass is 10.1. The molecular formula is C26H23Cl2N3O. The van der Waals surface area contributed by atoms with Gasteiger partial charge in [-0.2, -0.15) is 0 Å². The summed E-state index contributed by atoms with van der Waals surface area (Å²) in [5, 5.41) is 1.07. The van der Waals surface area contributed by atoms with E-state index in [0.29, 0.717) is 29.6 Å². The van der Waals surface area contributed by atoms with Crippen LogP contribution in [-0.2, 0) is 11.3 Å². The quantitative estimate of drug-likeness (QED) is 0.345. The number of amides is 1. The molecule has 0 aliphatic carbocycles. The molecule has 1 aliphatic rings. The highest BCUT2D eigenvalue weighted by molar-refractivity contribution is 6.42. The maximum Gasteiger partial charge on any atom is 0.227 e. The van der Waals surface area contributed by atoms with Gasteiger partial charge in [0.1, 0.15) is 5.82 Å². The molecular weight excluding hydrogens is 441 g/mol. The van der Waals surface area contributed by atoms with E-state index in [2.05, 4.69) is 36.6 Å². The van der Waals surface area contributed by atoms with Gasteiger partial charge in [-0.15, -0.1) is 0 Å². The van der Waals surface area contributed by atoms with Crippen LogP contribution in [0.15, 0.2) is 60.7 Å². The van der Waals surface area contributed by atoms with E-state index >= 15 is 0 Å². The minimum Gasteiger partial charge on any atom is -0.323 e. The summed E-state index contributed by atoms with van der Waals surface area (Å²) in [7, 11) is 0. The van der Waals surface area contributed by atoms with E-state index < -0.39 is 0 Å². The molecule has 1 fully saturated rings. The van der Waals surface area contributed by atoms with Gasteiger partial charge in [0.15, 0.2) is 0 Å². The first-order chi connectivity index (χ1) is 15.4. The van der Waals surface area contributed by atoms with Gasteiger partial charge in [-0.25, -0.2) is 4.98 Å². The average molecular weight is 464 g/mol. The van der Waals surface area contributed by atoms with Crippen LogP contribution in [0.1, 0.15) is 34.9 Å². The fourth-order valence-electron chi connectivity index (χ4n) is 4.72. The van der Waals surface area contributed by atoms with Gasteiger partial charge in [0, 0.05) is 31.1 Å². The van der Waals surface area contributed by atoms with Crippen LogP contribution in [-0.4, -0.2) is 22.0 Å². The minimum absolute atomic E-state index is 0.0108. The second-order valence-corrected chi connectivity index (χ2v) is 9.25. The van der Waals surface area contributed by atoms with Gasteiger partial charge in [-0.05, 0) is 54.8 Å². The van der Waals surface area contributed by atoms with Crippen LogP contribution in [0, 0.1) is 13.8 Å². The standard InChI is InChI=1S/C26H23Cl2N3O/c1-16-6-5-7-17(2)25(16)31-15-19(13-24(31)32)26-29-22-8-3-4-9-23(22)30(26)14-18-10-11-20(27)21(28)12-18/h3-12,19H,13-15H2,1-2H3. The number of imidazole rings is 1. The number of halogens is 2. The summed E-state index contributed by atoms with van der Waals surface area (Å²) in [6.45, 7) is 5.35. The molecule has 6 heteroatoms. The lowest BCUT2D eigenvalue weighted by Crippen LogP contribution is -2.26. The molecule has 0 saturated carbocycles. The summed E-state index contributed by atoms with van der Waals surface area (Å²) >= 11 is 12.4. The van der Waals surface area contributed by atoms with Crippen LogP contribution in [0.2, 0.25) is 10.0 Å². The van der Waals surface area contributed by atoms with Crippen molar-refractivity contribution in [2.45, 2.75) is 32.7 Å². The van der Waals surface area contributed by atoms with E-state index in [-0.39, 0.29) is 11.8 Å². The molecule has 1 saturated heterocycles. The van der Waals surface area contributed by atoms with E-state index in [1.54, 1.807) is 0 Å². The number of para-hydroxylation sites is 3. The first kappa shape index (κ1) is 21.0. The number of fused-ring (bicyclic) bond motifs is 1. The highest BCUT2D eigenvalue weighted by atomic mass is 35.5. The Balaban J connectivity index is 1.55. The Morgan fingerprint density at radius 1 is 0.969 bits per heavy atom. The topological polar surface area (TPSA) is 38.1 Å². The van der Waals surface area contributed by atoms with Crippen LogP contribution < -0.4 is 4.90 Å². The van der Waals surface area contributed by atoms with Gasteiger partial charge in [0.25, 0.3) is 0 Å². The van der Waals surface area contributed by atoms with E-state index in [9.17, 15) is 4.79 Å². The zero-order chi connectivity index (χ0) is 22.4. The monoisotopic (exact) mass is 463 g/mol. The summed E-state index contributed by atoms with van der Waals surface area (Å²) in [5.74, 6) is 1.08. The molecule has 1 unspecified atom stereocenters. The molecule has 162 valence electrons. The summed E-state index contributed by atoms with van der Waals surface area (Å²) in [5.41, 5.74) is 6.27. The molecule has 1 aliphatic heterocycles. The van der Waals surface area contributed by atoms with Gasteiger partial charge in [-0.1, -0.05) is 59.6 Å². The molecule has 0 bridgehead atoms. The minimum atomic E-state index is 0.0108. The number of anilines is 1. The van der Waals surface area contributed by atoms with Gasteiger partial charge >= 0.3 is 0 Å². The zero-order valence-electron chi connectivity index (χ0n) is 18.0. The van der Waals surface area contributed by atoms with Crippen LogP contribution in [0.5, 0.6) is 0 Å². The third kappa shape index (κ3) is 3.68. The first-order valence-corrected chi connectivity index (χ1v) is 11.4. The summed E-state index contributed by atoms with van der Waals surface area (Å²) in [6.07, 6.45) is 0.443. The molecule has 32 heavy (non-hydrogen) atoms. The normalized spacial score (nSPS) is 16.3. The Bertz CT molecular complexity index is 1320. The molecule has 2 heterocycles. The molecule has 1 atom stereocenters. The Hall–Kier alpha value is -2.82. The fourth-order valence-corrected chi connectivity index (χ4v) is 5.04. The molecule has 0 N–H and O–H groups in total. The molecule has 0 spiro atoms. The predicted octanol–water partition coefficient (Wildman–Crippen LogP) is 6.53. The summed E-state index contributed by atoms with van der Waals surface area (Å²) < 4.78 is 2.21. The second-order valence-electron chi connectivity index (χ2n) is 8.44. The molecule has 4 nitrogen and oxygen atoms in total.